The molecule has 0 aliphatic rings. The molecule has 2 nitrogen and oxygen atoms in total. The van der Waals surface area contributed by atoms with E-state index < -0.39 is 0 Å². The van der Waals surface area contributed by atoms with Gasteiger partial charge in [-0.25, -0.2) is 0 Å². The fraction of sp³-hybridized carbons (Fsp3) is 0.727. The minimum absolute atomic E-state index is 0.446. The summed E-state index contributed by atoms with van der Waals surface area (Å²) in [4.78, 5) is 0. The first kappa shape index (κ1) is 23.6. The lowest BCUT2D eigenvalue weighted by Crippen LogP contribution is -1.94. The number of halogens is 2. The minimum atomic E-state index is 0.446. The summed E-state index contributed by atoms with van der Waals surface area (Å²) in [5, 5.41) is 10.2. The molecular formula is C22H37Cl2NO. The molecule has 0 saturated carbocycles. The number of unbranched alkanes of at least 4 members (excludes halogenated alkanes) is 13. The Bertz CT molecular complexity index is 479. The lowest BCUT2D eigenvalue weighted by molar-refractivity contribution is 0.389. The maximum atomic E-state index is 9.05. The fourth-order valence-electron chi connectivity index (χ4n) is 3.38. The summed E-state index contributed by atoms with van der Waals surface area (Å²) < 4.78 is 0. The molecule has 2 N–H and O–H groups in total. The second-order valence-corrected chi connectivity index (χ2v) is 8.20. The predicted molar refractivity (Wildman–Crippen MR) is 116 cm³/mol. The average molecular weight is 402 g/mol. The van der Waals surface area contributed by atoms with Crippen LogP contribution in [0, 0.1) is 0 Å². The summed E-state index contributed by atoms with van der Waals surface area (Å²) >= 11 is 12.2. The molecule has 1 aromatic carbocycles. The van der Waals surface area contributed by atoms with Crippen LogP contribution in [-0.2, 0) is 6.42 Å². The van der Waals surface area contributed by atoms with Crippen LogP contribution in [0.25, 0.3) is 0 Å². The van der Waals surface area contributed by atoms with Crippen molar-refractivity contribution < 1.29 is 5.21 Å². The number of benzene rings is 1. The van der Waals surface area contributed by atoms with E-state index in [0.717, 1.165) is 18.4 Å². The summed E-state index contributed by atoms with van der Waals surface area (Å²) in [6.07, 6.45) is 20.0. The zero-order valence-electron chi connectivity index (χ0n) is 16.5. The van der Waals surface area contributed by atoms with Crippen molar-refractivity contribution >= 4 is 28.9 Å². The SMILES string of the molecule is CCCCCCCCCCCCCCCCc1cc(NO)c(Cl)cc1Cl. The number of hydrogen-bond acceptors (Lipinski definition) is 2. The van der Waals surface area contributed by atoms with Crippen LogP contribution in [0.5, 0.6) is 0 Å². The molecule has 0 spiro atoms. The lowest BCUT2D eigenvalue weighted by Gasteiger charge is -2.09. The molecule has 0 atom stereocenters. The Hall–Kier alpha value is -0.440. The monoisotopic (exact) mass is 401 g/mol. The van der Waals surface area contributed by atoms with Crippen molar-refractivity contribution in [3.05, 3.63) is 27.7 Å². The number of hydrogen-bond donors (Lipinski definition) is 2. The van der Waals surface area contributed by atoms with Crippen LogP contribution in [0.1, 0.15) is 102 Å². The average Bonchev–Trinajstić information content (AvgIpc) is 2.63. The maximum absolute atomic E-state index is 9.05. The van der Waals surface area contributed by atoms with Crippen molar-refractivity contribution in [2.24, 2.45) is 0 Å². The van der Waals surface area contributed by atoms with Crippen molar-refractivity contribution in [1.82, 2.24) is 0 Å². The molecule has 26 heavy (non-hydrogen) atoms. The van der Waals surface area contributed by atoms with Crippen molar-refractivity contribution in [3.8, 4) is 0 Å². The van der Waals surface area contributed by atoms with Gasteiger partial charge in [-0.05, 0) is 30.5 Å². The quantitative estimate of drug-likeness (QED) is 0.214. The van der Waals surface area contributed by atoms with Crippen LogP contribution in [0.2, 0.25) is 10.0 Å². The van der Waals surface area contributed by atoms with E-state index in [2.05, 4.69) is 12.4 Å². The number of aryl methyl sites for hydroxylation is 1. The van der Waals surface area contributed by atoms with Gasteiger partial charge in [0.05, 0.1) is 10.7 Å². The molecule has 0 amide bonds. The molecule has 0 saturated heterocycles. The standard InChI is InChI=1S/C22H37Cl2NO/c1-2-3-4-5-6-7-8-9-10-11-12-13-14-15-16-19-17-22(25-26)21(24)18-20(19)23/h17-18,25-26H,2-16H2,1H3. The minimum Gasteiger partial charge on any atom is -0.291 e. The molecule has 0 fully saturated rings. The first-order chi connectivity index (χ1) is 12.7. The van der Waals surface area contributed by atoms with Gasteiger partial charge in [-0.15, -0.1) is 0 Å². The Morgan fingerprint density at radius 1 is 0.692 bits per heavy atom. The second kappa shape index (κ2) is 15.6. The molecule has 0 heterocycles. The van der Waals surface area contributed by atoms with Gasteiger partial charge in [0, 0.05) is 5.02 Å². The van der Waals surface area contributed by atoms with E-state index in [9.17, 15) is 0 Å². The molecule has 1 rings (SSSR count). The highest BCUT2D eigenvalue weighted by atomic mass is 35.5. The Morgan fingerprint density at radius 3 is 1.62 bits per heavy atom. The molecular weight excluding hydrogens is 365 g/mol. The van der Waals surface area contributed by atoms with Crippen LogP contribution >= 0.6 is 23.2 Å². The van der Waals surface area contributed by atoms with Crippen molar-refractivity contribution in [2.75, 3.05) is 5.48 Å². The Morgan fingerprint density at radius 2 is 1.15 bits per heavy atom. The summed E-state index contributed by atoms with van der Waals surface area (Å²) in [5.41, 5.74) is 3.70. The number of rotatable bonds is 16. The molecule has 0 unspecified atom stereocenters. The van der Waals surface area contributed by atoms with Crippen molar-refractivity contribution in [2.45, 2.75) is 103 Å². The first-order valence-corrected chi connectivity index (χ1v) is 11.3. The van der Waals surface area contributed by atoms with E-state index in [4.69, 9.17) is 28.4 Å². The van der Waals surface area contributed by atoms with Gasteiger partial charge in [0.25, 0.3) is 0 Å². The lowest BCUT2D eigenvalue weighted by atomic mass is 10.0. The molecule has 4 heteroatoms. The molecule has 0 aliphatic heterocycles. The summed E-state index contributed by atoms with van der Waals surface area (Å²) in [5.74, 6) is 0. The third-order valence-electron chi connectivity index (χ3n) is 5.06. The van der Waals surface area contributed by atoms with E-state index in [-0.39, 0.29) is 0 Å². The van der Waals surface area contributed by atoms with E-state index >= 15 is 0 Å². The van der Waals surface area contributed by atoms with Gasteiger partial charge in [0.1, 0.15) is 0 Å². The Balaban J connectivity index is 1.95. The van der Waals surface area contributed by atoms with Crippen LogP contribution in [0.4, 0.5) is 5.69 Å². The Labute approximate surface area is 170 Å². The molecule has 150 valence electrons. The Kier molecular flexibility index (Phi) is 14.2. The van der Waals surface area contributed by atoms with Gasteiger partial charge < -0.3 is 0 Å². The normalized spacial score (nSPS) is 11.1. The van der Waals surface area contributed by atoms with Crippen LogP contribution in [0.3, 0.4) is 0 Å². The van der Waals surface area contributed by atoms with Gasteiger partial charge in [-0.2, -0.15) is 0 Å². The van der Waals surface area contributed by atoms with Crippen molar-refractivity contribution in [3.63, 3.8) is 0 Å². The highest BCUT2D eigenvalue weighted by Crippen LogP contribution is 2.30. The summed E-state index contributed by atoms with van der Waals surface area (Å²) in [6, 6.07) is 3.54. The summed E-state index contributed by atoms with van der Waals surface area (Å²) in [6.45, 7) is 2.28. The zero-order valence-corrected chi connectivity index (χ0v) is 18.0. The first-order valence-electron chi connectivity index (χ1n) is 10.6. The molecule has 0 aromatic heterocycles. The summed E-state index contributed by atoms with van der Waals surface area (Å²) in [7, 11) is 0. The third kappa shape index (κ3) is 10.6. The van der Waals surface area contributed by atoms with E-state index in [1.807, 2.05) is 6.07 Å². The largest absolute Gasteiger partial charge is 0.291 e. The van der Waals surface area contributed by atoms with Gasteiger partial charge in [-0.1, -0.05) is 114 Å². The molecule has 0 bridgehead atoms. The van der Waals surface area contributed by atoms with Gasteiger partial charge in [0.15, 0.2) is 0 Å². The van der Waals surface area contributed by atoms with Gasteiger partial charge >= 0.3 is 0 Å². The number of anilines is 1. The van der Waals surface area contributed by atoms with E-state index in [0.29, 0.717) is 15.7 Å². The van der Waals surface area contributed by atoms with Crippen LogP contribution in [-0.4, -0.2) is 5.21 Å². The predicted octanol–water partition coefficient (Wildman–Crippen LogP) is 8.82. The van der Waals surface area contributed by atoms with Crippen molar-refractivity contribution in [1.29, 1.82) is 0 Å². The second-order valence-electron chi connectivity index (χ2n) is 7.38. The molecule has 0 radical (unpaired) electrons. The fourth-order valence-corrected chi connectivity index (χ4v) is 3.90. The smallest absolute Gasteiger partial charge is 0.0792 e. The molecule has 0 aliphatic carbocycles. The zero-order chi connectivity index (χ0) is 19.0. The highest BCUT2D eigenvalue weighted by Gasteiger charge is 2.06. The van der Waals surface area contributed by atoms with E-state index in [1.165, 1.54) is 83.5 Å². The third-order valence-corrected chi connectivity index (χ3v) is 5.72. The highest BCUT2D eigenvalue weighted by molar-refractivity contribution is 6.36. The van der Waals surface area contributed by atoms with Gasteiger partial charge in [0.2, 0.25) is 0 Å². The molecule has 1 aromatic rings. The maximum Gasteiger partial charge on any atom is 0.0792 e. The van der Waals surface area contributed by atoms with Gasteiger partial charge in [-0.3, -0.25) is 10.7 Å². The van der Waals surface area contributed by atoms with E-state index in [1.54, 1.807) is 6.07 Å². The topological polar surface area (TPSA) is 32.3 Å². The van der Waals surface area contributed by atoms with Crippen LogP contribution < -0.4 is 5.48 Å². The number of nitrogens with one attached hydrogen (secondary N) is 1. The van der Waals surface area contributed by atoms with Crippen LogP contribution in [0.15, 0.2) is 12.1 Å².